The van der Waals surface area contributed by atoms with Crippen LogP contribution in [0.15, 0.2) is 42.5 Å². The van der Waals surface area contributed by atoms with Gasteiger partial charge in [-0.25, -0.2) is 4.79 Å². The van der Waals surface area contributed by atoms with E-state index < -0.39 is 5.97 Å². The number of nitrogens with zero attached hydrogens (tertiary/aromatic N) is 2. The molecule has 7 nitrogen and oxygen atoms in total. The van der Waals surface area contributed by atoms with Gasteiger partial charge >= 0.3 is 5.97 Å². The number of benzene rings is 2. The first-order valence-corrected chi connectivity index (χ1v) is 11.7. The van der Waals surface area contributed by atoms with E-state index in [0.717, 1.165) is 43.0 Å². The van der Waals surface area contributed by atoms with Crippen LogP contribution in [0.3, 0.4) is 0 Å². The molecule has 4 rings (SSSR count). The molecular formula is C22H27N3O4S2. The van der Waals surface area contributed by atoms with Gasteiger partial charge in [0.2, 0.25) is 0 Å². The first kappa shape index (κ1) is 23.3. The van der Waals surface area contributed by atoms with Gasteiger partial charge in [0.1, 0.15) is 5.75 Å². The van der Waals surface area contributed by atoms with Gasteiger partial charge in [0.15, 0.2) is 6.61 Å². The molecule has 0 radical (unpaired) electrons. The Kier molecular flexibility index (Phi) is 8.51. The summed E-state index contributed by atoms with van der Waals surface area (Å²) in [5.41, 5.74) is 3.78. The number of nitrogens with one attached hydrogen (secondary N) is 1. The van der Waals surface area contributed by atoms with Crippen LogP contribution in [0, 0.1) is 0 Å². The minimum Gasteiger partial charge on any atom is -0.482 e. The molecule has 0 unspecified atom stereocenters. The molecule has 0 atom stereocenters. The number of piperazine rings is 1. The Labute approximate surface area is 192 Å². The lowest BCUT2D eigenvalue weighted by molar-refractivity contribution is -0.145. The van der Waals surface area contributed by atoms with Crippen molar-refractivity contribution < 1.29 is 19.1 Å². The van der Waals surface area contributed by atoms with Crippen LogP contribution < -0.4 is 19.9 Å². The molecule has 1 N–H and O–H groups in total. The number of amides is 1. The van der Waals surface area contributed by atoms with Gasteiger partial charge in [0, 0.05) is 43.1 Å². The summed E-state index contributed by atoms with van der Waals surface area (Å²) in [6, 6.07) is 13.3. The van der Waals surface area contributed by atoms with Crippen molar-refractivity contribution in [2.24, 2.45) is 0 Å². The van der Waals surface area contributed by atoms with Crippen molar-refractivity contribution >= 4 is 46.6 Å². The van der Waals surface area contributed by atoms with E-state index >= 15 is 0 Å². The largest absolute Gasteiger partial charge is 0.482 e. The third-order valence-electron chi connectivity index (χ3n) is 5.19. The Morgan fingerprint density at radius 1 is 1.06 bits per heavy atom. The number of ether oxygens (including phenoxy) is 2. The predicted molar refractivity (Wildman–Crippen MR) is 129 cm³/mol. The normalized spacial score (nSPS) is 15.1. The number of rotatable bonds is 6. The highest BCUT2D eigenvalue weighted by atomic mass is 33.1. The summed E-state index contributed by atoms with van der Waals surface area (Å²) in [5, 5.41) is 3.36. The molecule has 0 aliphatic carbocycles. The van der Waals surface area contributed by atoms with Crippen LogP contribution in [0.5, 0.6) is 5.75 Å². The van der Waals surface area contributed by atoms with Gasteiger partial charge in [0.25, 0.3) is 5.91 Å². The molecule has 2 heterocycles. The highest BCUT2D eigenvalue weighted by Gasteiger charge is 2.29. The number of thiol groups is 2. The molecule has 1 saturated heterocycles. The maximum atomic E-state index is 12.9. The number of hydrogen-bond donors (Lipinski definition) is 3. The number of anilines is 2. The molecule has 2 aliphatic heterocycles. The van der Waals surface area contributed by atoms with Crippen LogP contribution in [0.25, 0.3) is 0 Å². The van der Waals surface area contributed by atoms with Crippen LogP contribution in [-0.2, 0) is 16.1 Å². The molecule has 2 aromatic carbocycles. The Bertz CT molecular complexity index is 902. The second-order valence-electron chi connectivity index (χ2n) is 7.06. The van der Waals surface area contributed by atoms with Crippen LogP contribution in [0.2, 0.25) is 0 Å². The van der Waals surface area contributed by atoms with Gasteiger partial charge < -0.3 is 24.6 Å². The zero-order chi connectivity index (χ0) is 22.2. The van der Waals surface area contributed by atoms with Crippen LogP contribution >= 0.6 is 23.3 Å². The maximum Gasteiger partial charge on any atom is 0.344 e. The second kappa shape index (κ2) is 11.3. The lowest BCUT2D eigenvalue weighted by Crippen LogP contribution is -2.43. The SMILES string of the molecule is CCOC(=O)COc1ccc(N2Cc3cc(N4CCNCC4)ccc3C2=O)cc1.SS. The average Bonchev–Trinajstić information content (AvgIpc) is 3.16. The lowest BCUT2D eigenvalue weighted by atomic mass is 10.1. The predicted octanol–water partition coefficient (Wildman–Crippen LogP) is 2.96. The Morgan fingerprint density at radius 3 is 2.42 bits per heavy atom. The molecule has 2 aromatic rings. The van der Waals surface area contributed by atoms with Crippen LogP contribution in [0.1, 0.15) is 22.8 Å². The van der Waals surface area contributed by atoms with Gasteiger partial charge in [-0.3, -0.25) is 4.79 Å². The van der Waals surface area contributed by atoms with Crippen molar-refractivity contribution in [3.8, 4) is 5.75 Å². The number of carbonyl (C=O) groups is 2. The van der Waals surface area contributed by atoms with Crippen molar-refractivity contribution in [3.63, 3.8) is 0 Å². The first-order valence-electron chi connectivity index (χ1n) is 10.1. The minimum atomic E-state index is -0.401. The Balaban J connectivity index is 0.00000132. The summed E-state index contributed by atoms with van der Waals surface area (Å²) in [6.45, 7) is 6.42. The van der Waals surface area contributed by atoms with E-state index in [0.29, 0.717) is 18.9 Å². The highest BCUT2D eigenvalue weighted by Crippen LogP contribution is 2.32. The summed E-state index contributed by atoms with van der Waals surface area (Å²) in [5.74, 6) is 0.168. The standard InChI is InChI=1S/C22H25N3O4.H2S2/c1-2-28-21(26)15-29-19-6-3-17(4-7-19)25-14-16-13-18(5-8-20(16)22(25)27)24-11-9-23-10-12-24;1-2/h3-8,13,23H,2,9-12,14-15H2,1H3;1-2H. The number of carbonyl (C=O) groups excluding carboxylic acids is 2. The van der Waals surface area contributed by atoms with E-state index in [2.05, 4.69) is 39.6 Å². The number of esters is 1. The van der Waals surface area contributed by atoms with Crippen molar-refractivity contribution in [1.29, 1.82) is 0 Å². The average molecular weight is 462 g/mol. The zero-order valence-corrected chi connectivity index (χ0v) is 19.2. The minimum absolute atomic E-state index is 0.00653. The van der Waals surface area contributed by atoms with Crippen molar-refractivity contribution in [2.75, 3.05) is 49.2 Å². The second-order valence-corrected chi connectivity index (χ2v) is 7.06. The maximum absolute atomic E-state index is 12.9. The van der Waals surface area contributed by atoms with E-state index in [4.69, 9.17) is 9.47 Å². The summed E-state index contributed by atoms with van der Waals surface area (Å²) in [6.07, 6.45) is 0. The summed E-state index contributed by atoms with van der Waals surface area (Å²) < 4.78 is 10.3. The van der Waals surface area contributed by atoms with Crippen molar-refractivity contribution in [2.45, 2.75) is 13.5 Å². The quantitative estimate of drug-likeness (QED) is 0.349. The topological polar surface area (TPSA) is 71.1 Å². The number of hydrogen-bond acceptors (Lipinski definition) is 8. The van der Waals surface area contributed by atoms with E-state index in [1.165, 1.54) is 5.69 Å². The molecule has 1 fully saturated rings. The molecule has 166 valence electrons. The van der Waals surface area contributed by atoms with Gasteiger partial charge in [-0.2, -0.15) is 0 Å². The summed E-state index contributed by atoms with van der Waals surface area (Å²) in [7, 11) is 0. The molecule has 1 amide bonds. The molecule has 9 heteroatoms. The third kappa shape index (κ3) is 5.66. The molecule has 2 aliphatic rings. The monoisotopic (exact) mass is 461 g/mol. The fourth-order valence-electron chi connectivity index (χ4n) is 3.70. The molecular weight excluding hydrogens is 434 g/mol. The molecule has 0 saturated carbocycles. The fraction of sp³-hybridized carbons (Fsp3) is 0.364. The highest BCUT2D eigenvalue weighted by molar-refractivity contribution is 8.59. The van der Waals surface area contributed by atoms with Crippen LogP contribution in [0.4, 0.5) is 11.4 Å². The Hall–Kier alpha value is -2.36. The van der Waals surface area contributed by atoms with E-state index in [1.54, 1.807) is 24.0 Å². The Morgan fingerprint density at radius 2 is 1.74 bits per heavy atom. The number of fused-ring (bicyclic) bond motifs is 1. The van der Waals surface area contributed by atoms with Crippen molar-refractivity contribution in [1.82, 2.24) is 5.32 Å². The van der Waals surface area contributed by atoms with Gasteiger partial charge in [0.05, 0.1) is 13.2 Å². The van der Waals surface area contributed by atoms with Gasteiger partial charge in [-0.15, -0.1) is 23.3 Å². The first-order chi connectivity index (χ1) is 15.2. The van der Waals surface area contributed by atoms with E-state index in [1.807, 2.05) is 24.3 Å². The summed E-state index contributed by atoms with van der Waals surface area (Å²) in [4.78, 5) is 28.4. The van der Waals surface area contributed by atoms with Crippen LogP contribution in [-0.4, -0.2) is 51.3 Å². The van der Waals surface area contributed by atoms with E-state index in [-0.39, 0.29) is 12.5 Å². The zero-order valence-electron chi connectivity index (χ0n) is 17.4. The summed E-state index contributed by atoms with van der Waals surface area (Å²) >= 11 is 6.44. The van der Waals surface area contributed by atoms with Crippen molar-refractivity contribution in [3.05, 3.63) is 53.6 Å². The fourth-order valence-corrected chi connectivity index (χ4v) is 3.70. The van der Waals surface area contributed by atoms with Gasteiger partial charge in [-0.05, 0) is 55.0 Å². The molecule has 0 spiro atoms. The third-order valence-corrected chi connectivity index (χ3v) is 5.19. The molecule has 31 heavy (non-hydrogen) atoms. The smallest absolute Gasteiger partial charge is 0.344 e. The molecule has 0 bridgehead atoms. The lowest BCUT2D eigenvalue weighted by Gasteiger charge is -2.29. The van der Waals surface area contributed by atoms with E-state index in [9.17, 15) is 9.59 Å². The van der Waals surface area contributed by atoms with Gasteiger partial charge in [-0.1, -0.05) is 0 Å². The molecule has 0 aromatic heterocycles.